The standard InChI is InChI=1S/C22H26FN5O3/c1-5-17-15-9-13(23)6-7-14(15)22(29)28(3)11-16(26-2)19(21(25)30-4)12-8-18(31-17)20(24)27-10-12/h6-10,17,25-26H,5,11H2,1-4H3,(H2,24,27)/b19-16-,25-21?. The molecular weight excluding hydrogens is 401 g/mol. The van der Waals surface area contributed by atoms with Crippen molar-refractivity contribution in [3.63, 3.8) is 0 Å². The fraction of sp³-hybridized carbons (Fsp3) is 0.318. The number of likely N-dealkylation sites (N-methyl/N-ethyl adjacent to an activating group) is 2. The smallest absolute Gasteiger partial charge is 0.254 e. The van der Waals surface area contributed by atoms with Gasteiger partial charge in [0.25, 0.3) is 5.91 Å². The number of carbonyl (C=O) groups excluding carboxylic acids is 1. The molecule has 0 spiro atoms. The molecule has 2 bridgehead atoms. The van der Waals surface area contributed by atoms with Crippen molar-refractivity contribution < 1.29 is 18.7 Å². The number of nitrogens with one attached hydrogen (secondary N) is 2. The van der Waals surface area contributed by atoms with E-state index >= 15 is 0 Å². The number of aromatic nitrogens is 1. The van der Waals surface area contributed by atoms with Gasteiger partial charge in [0.1, 0.15) is 11.9 Å². The molecule has 1 aromatic heterocycles. The van der Waals surface area contributed by atoms with Crippen LogP contribution in [0.15, 0.2) is 36.2 Å². The first kappa shape index (κ1) is 22.1. The number of nitrogens with zero attached hydrogens (tertiary/aromatic N) is 2. The number of halogens is 1. The minimum absolute atomic E-state index is 0.103. The summed E-state index contributed by atoms with van der Waals surface area (Å²) >= 11 is 0. The molecular formula is C22H26FN5O3. The fourth-order valence-corrected chi connectivity index (χ4v) is 3.54. The number of fused-ring (bicyclic) bond motifs is 3. The predicted molar refractivity (Wildman–Crippen MR) is 116 cm³/mol. The Hall–Kier alpha value is -3.62. The molecule has 0 saturated heterocycles. The zero-order valence-electron chi connectivity index (χ0n) is 18.0. The van der Waals surface area contributed by atoms with Gasteiger partial charge in [0, 0.05) is 42.7 Å². The highest BCUT2D eigenvalue weighted by atomic mass is 19.1. The summed E-state index contributed by atoms with van der Waals surface area (Å²) in [6.07, 6.45) is 1.36. The highest BCUT2D eigenvalue weighted by Gasteiger charge is 2.27. The van der Waals surface area contributed by atoms with Crippen LogP contribution in [0.1, 0.15) is 40.9 Å². The van der Waals surface area contributed by atoms with Crippen molar-refractivity contribution in [1.29, 1.82) is 5.41 Å². The maximum Gasteiger partial charge on any atom is 0.254 e. The van der Waals surface area contributed by atoms with Gasteiger partial charge in [-0.1, -0.05) is 6.92 Å². The highest BCUT2D eigenvalue weighted by Crippen LogP contribution is 2.34. The van der Waals surface area contributed by atoms with E-state index in [1.165, 1.54) is 36.4 Å². The minimum Gasteiger partial charge on any atom is -0.482 e. The van der Waals surface area contributed by atoms with Crippen molar-refractivity contribution in [2.45, 2.75) is 19.4 Å². The van der Waals surface area contributed by atoms with Crippen LogP contribution in [0.5, 0.6) is 5.75 Å². The van der Waals surface area contributed by atoms with Gasteiger partial charge < -0.3 is 25.4 Å². The summed E-state index contributed by atoms with van der Waals surface area (Å²) in [5.41, 5.74) is 8.35. The lowest BCUT2D eigenvalue weighted by Crippen LogP contribution is -2.34. The average molecular weight is 427 g/mol. The Balaban J connectivity index is 2.30. The molecule has 1 atom stereocenters. The number of pyridine rings is 1. The Kier molecular flexibility index (Phi) is 6.43. The summed E-state index contributed by atoms with van der Waals surface area (Å²) in [6, 6.07) is 5.70. The van der Waals surface area contributed by atoms with Crippen LogP contribution in [0.2, 0.25) is 0 Å². The molecule has 9 heteroatoms. The van der Waals surface area contributed by atoms with Crippen LogP contribution in [-0.4, -0.2) is 49.4 Å². The van der Waals surface area contributed by atoms with Gasteiger partial charge in [-0.15, -0.1) is 0 Å². The average Bonchev–Trinajstić information content (AvgIpc) is 2.77. The molecule has 2 aromatic rings. The lowest BCUT2D eigenvalue weighted by molar-refractivity contribution is 0.0799. The molecule has 2 heterocycles. The summed E-state index contributed by atoms with van der Waals surface area (Å²) in [5, 5.41) is 11.4. The number of hydrogen-bond acceptors (Lipinski definition) is 7. The molecule has 1 aromatic carbocycles. The van der Waals surface area contributed by atoms with E-state index < -0.39 is 11.9 Å². The second kappa shape index (κ2) is 9.03. The van der Waals surface area contributed by atoms with Crippen molar-refractivity contribution in [2.24, 2.45) is 0 Å². The molecule has 31 heavy (non-hydrogen) atoms. The molecule has 8 nitrogen and oxygen atoms in total. The molecule has 4 N–H and O–H groups in total. The zero-order valence-corrected chi connectivity index (χ0v) is 18.0. The van der Waals surface area contributed by atoms with E-state index in [1.54, 1.807) is 20.2 Å². The maximum atomic E-state index is 14.1. The minimum atomic E-state index is -0.625. The van der Waals surface area contributed by atoms with Gasteiger partial charge in [-0.25, -0.2) is 9.37 Å². The molecule has 0 fully saturated rings. The van der Waals surface area contributed by atoms with Gasteiger partial charge in [-0.05, 0) is 30.7 Å². The fourth-order valence-electron chi connectivity index (χ4n) is 3.54. The molecule has 1 aliphatic heterocycles. The van der Waals surface area contributed by atoms with E-state index in [2.05, 4.69) is 10.3 Å². The lowest BCUT2D eigenvalue weighted by atomic mass is 9.98. The number of ether oxygens (including phenoxy) is 2. The van der Waals surface area contributed by atoms with E-state index in [9.17, 15) is 9.18 Å². The zero-order chi connectivity index (χ0) is 22.7. The second-order valence-electron chi connectivity index (χ2n) is 7.15. The Morgan fingerprint density at radius 2 is 2.19 bits per heavy atom. The van der Waals surface area contributed by atoms with E-state index in [0.29, 0.717) is 34.4 Å². The number of nitrogen functional groups attached to an aromatic ring is 1. The van der Waals surface area contributed by atoms with Crippen LogP contribution in [-0.2, 0) is 4.74 Å². The molecule has 3 rings (SSSR count). The number of rotatable bonds is 3. The van der Waals surface area contributed by atoms with E-state index in [4.69, 9.17) is 20.6 Å². The van der Waals surface area contributed by atoms with Crippen molar-refractivity contribution >= 4 is 23.2 Å². The molecule has 1 unspecified atom stereocenters. The first-order valence-electron chi connectivity index (χ1n) is 9.81. The lowest BCUT2D eigenvalue weighted by Gasteiger charge is -2.27. The largest absolute Gasteiger partial charge is 0.482 e. The van der Waals surface area contributed by atoms with Gasteiger partial charge in [0.05, 0.1) is 19.2 Å². The van der Waals surface area contributed by atoms with Crippen LogP contribution in [0, 0.1) is 11.2 Å². The van der Waals surface area contributed by atoms with Crippen LogP contribution in [0.3, 0.4) is 0 Å². The second-order valence-corrected chi connectivity index (χ2v) is 7.15. The Morgan fingerprint density at radius 1 is 1.45 bits per heavy atom. The Morgan fingerprint density at radius 3 is 2.84 bits per heavy atom. The van der Waals surface area contributed by atoms with Gasteiger partial charge in [-0.3, -0.25) is 10.2 Å². The number of anilines is 1. The van der Waals surface area contributed by atoms with Gasteiger partial charge in [0.15, 0.2) is 11.6 Å². The van der Waals surface area contributed by atoms with E-state index in [0.717, 1.165) is 0 Å². The van der Waals surface area contributed by atoms with Crippen LogP contribution >= 0.6 is 0 Å². The number of amides is 1. The normalized spacial score (nSPS) is 18.9. The summed E-state index contributed by atoms with van der Waals surface area (Å²) < 4.78 is 25.4. The van der Waals surface area contributed by atoms with Crippen molar-refractivity contribution in [2.75, 3.05) is 33.5 Å². The molecule has 0 saturated carbocycles. The Labute approximate surface area is 180 Å². The number of hydrogen-bond donors (Lipinski definition) is 3. The third kappa shape index (κ3) is 4.30. The monoisotopic (exact) mass is 427 g/mol. The number of benzene rings is 1. The molecule has 0 aliphatic carbocycles. The summed E-state index contributed by atoms with van der Waals surface area (Å²) in [6.45, 7) is 2.03. The van der Waals surface area contributed by atoms with E-state index in [1.807, 2.05) is 6.92 Å². The predicted octanol–water partition coefficient (Wildman–Crippen LogP) is 2.97. The molecule has 1 aliphatic rings. The first-order valence-corrected chi connectivity index (χ1v) is 9.81. The number of methoxy groups -OCH3 is 1. The van der Waals surface area contributed by atoms with Gasteiger partial charge in [0.2, 0.25) is 5.90 Å². The quantitative estimate of drug-likeness (QED) is 0.513. The summed E-state index contributed by atoms with van der Waals surface area (Å²) in [7, 11) is 4.73. The third-order valence-electron chi connectivity index (χ3n) is 5.18. The summed E-state index contributed by atoms with van der Waals surface area (Å²) in [5.74, 6) is -0.444. The number of nitrogens with two attached hydrogens (primary N) is 1. The maximum absolute atomic E-state index is 14.1. The molecule has 0 radical (unpaired) electrons. The van der Waals surface area contributed by atoms with Crippen molar-refractivity contribution in [1.82, 2.24) is 15.2 Å². The molecule has 164 valence electrons. The van der Waals surface area contributed by atoms with Crippen molar-refractivity contribution in [3.05, 3.63) is 58.7 Å². The van der Waals surface area contributed by atoms with Gasteiger partial charge >= 0.3 is 0 Å². The Bertz CT molecular complexity index is 1050. The highest BCUT2D eigenvalue weighted by molar-refractivity contribution is 6.19. The van der Waals surface area contributed by atoms with Crippen LogP contribution in [0.4, 0.5) is 10.2 Å². The molecule has 1 amide bonds. The number of carbonyl (C=O) groups is 1. The topological polar surface area (TPSA) is 114 Å². The first-order chi connectivity index (χ1) is 14.8. The van der Waals surface area contributed by atoms with Crippen molar-refractivity contribution in [3.8, 4) is 5.75 Å². The van der Waals surface area contributed by atoms with E-state index in [-0.39, 0.29) is 29.9 Å². The van der Waals surface area contributed by atoms with Crippen LogP contribution < -0.4 is 15.8 Å². The van der Waals surface area contributed by atoms with Crippen LogP contribution in [0.25, 0.3) is 5.57 Å². The van der Waals surface area contributed by atoms with Gasteiger partial charge in [-0.2, -0.15) is 0 Å². The summed E-state index contributed by atoms with van der Waals surface area (Å²) in [4.78, 5) is 19.0. The third-order valence-corrected chi connectivity index (χ3v) is 5.18. The SMILES string of the molecule is CCC1Oc2cc(cnc2N)/C(C(=N)OC)=C(/NC)CN(C)C(=O)c2ccc(F)cc21.